The minimum absolute atomic E-state index is 0.235. The van der Waals surface area contributed by atoms with Gasteiger partial charge in [-0.25, -0.2) is 4.79 Å². The van der Waals surface area contributed by atoms with Gasteiger partial charge in [0.25, 0.3) is 0 Å². The average Bonchev–Trinajstić information content (AvgIpc) is 2.80. The van der Waals surface area contributed by atoms with Crippen LogP contribution in [0.4, 0.5) is 0 Å². The lowest BCUT2D eigenvalue weighted by Gasteiger charge is -2.01. The van der Waals surface area contributed by atoms with E-state index in [0.717, 1.165) is 11.3 Å². The molecule has 2 rings (SSSR count). The molecular weight excluding hydrogens is 272 g/mol. The lowest BCUT2D eigenvalue weighted by molar-refractivity contribution is 0.0695. The molecule has 0 atom stereocenters. The van der Waals surface area contributed by atoms with Gasteiger partial charge in [-0.2, -0.15) is 0 Å². The van der Waals surface area contributed by atoms with Gasteiger partial charge in [0.15, 0.2) is 0 Å². The van der Waals surface area contributed by atoms with Crippen LogP contribution in [-0.4, -0.2) is 11.1 Å². The molecule has 0 bridgehead atoms. The summed E-state index contributed by atoms with van der Waals surface area (Å²) in [6.07, 6.45) is 1.40. The van der Waals surface area contributed by atoms with E-state index >= 15 is 0 Å². The molecule has 0 unspecified atom stereocenters. The fourth-order valence-electron chi connectivity index (χ4n) is 1.49. The molecule has 0 spiro atoms. The lowest BCUT2D eigenvalue weighted by Crippen LogP contribution is -1.97. The third-order valence-corrected chi connectivity index (χ3v) is 3.65. The number of carboxylic acids is 1. The SMILES string of the molecule is O=C(O)c1ccoc1CSCc1ccc(Cl)cc1. The zero-order valence-corrected chi connectivity index (χ0v) is 11.0. The van der Waals surface area contributed by atoms with Crippen molar-refractivity contribution in [2.24, 2.45) is 0 Å². The van der Waals surface area contributed by atoms with Crippen molar-refractivity contribution in [3.05, 3.63) is 58.5 Å². The highest BCUT2D eigenvalue weighted by Crippen LogP contribution is 2.22. The van der Waals surface area contributed by atoms with Gasteiger partial charge in [0.1, 0.15) is 11.3 Å². The van der Waals surface area contributed by atoms with Gasteiger partial charge in [-0.15, -0.1) is 11.8 Å². The van der Waals surface area contributed by atoms with Crippen LogP contribution in [0.25, 0.3) is 0 Å². The normalized spacial score (nSPS) is 10.5. The summed E-state index contributed by atoms with van der Waals surface area (Å²) in [4.78, 5) is 10.9. The van der Waals surface area contributed by atoms with Crippen LogP contribution in [0.5, 0.6) is 0 Å². The van der Waals surface area contributed by atoms with Gasteiger partial charge in [-0.3, -0.25) is 0 Å². The van der Waals surface area contributed by atoms with Crippen molar-refractivity contribution in [3.63, 3.8) is 0 Å². The van der Waals surface area contributed by atoms with Crippen LogP contribution in [0.15, 0.2) is 41.0 Å². The minimum Gasteiger partial charge on any atom is -0.478 e. The number of carbonyl (C=O) groups is 1. The number of furan rings is 1. The summed E-state index contributed by atoms with van der Waals surface area (Å²) in [7, 11) is 0. The molecular formula is C13H11ClO3S. The monoisotopic (exact) mass is 282 g/mol. The van der Waals surface area contributed by atoms with Crippen molar-refractivity contribution in [1.29, 1.82) is 0 Å². The first-order valence-electron chi connectivity index (χ1n) is 5.28. The van der Waals surface area contributed by atoms with Crippen LogP contribution in [0.1, 0.15) is 21.7 Å². The standard InChI is InChI=1S/C13H11ClO3S/c14-10-3-1-9(2-4-10)7-18-8-12-11(13(15)16)5-6-17-12/h1-6H,7-8H2,(H,15,16). The maximum absolute atomic E-state index is 10.9. The van der Waals surface area contributed by atoms with Crippen LogP contribution in [0.2, 0.25) is 5.02 Å². The zero-order chi connectivity index (χ0) is 13.0. The van der Waals surface area contributed by atoms with Crippen molar-refractivity contribution in [2.75, 3.05) is 0 Å². The predicted molar refractivity (Wildman–Crippen MR) is 72.1 cm³/mol. The summed E-state index contributed by atoms with van der Waals surface area (Å²) >= 11 is 7.40. The van der Waals surface area contributed by atoms with E-state index < -0.39 is 5.97 Å². The number of hydrogen-bond donors (Lipinski definition) is 1. The molecule has 1 aromatic heterocycles. The average molecular weight is 283 g/mol. The second-order valence-electron chi connectivity index (χ2n) is 3.68. The minimum atomic E-state index is -0.953. The van der Waals surface area contributed by atoms with Gasteiger partial charge < -0.3 is 9.52 Å². The van der Waals surface area contributed by atoms with Crippen molar-refractivity contribution >= 4 is 29.3 Å². The number of hydrogen-bond acceptors (Lipinski definition) is 3. The molecule has 0 radical (unpaired) electrons. The van der Waals surface area contributed by atoms with Crippen molar-refractivity contribution < 1.29 is 14.3 Å². The molecule has 0 aliphatic carbocycles. The van der Waals surface area contributed by atoms with Crippen molar-refractivity contribution in [1.82, 2.24) is 0 Å². The molecule has 0 fully saturated rings. The molecule has 18 heavy (non-hydrogen) atoms. The second kappa shape index (κ2) is 5.98. The first-order chi connectivity index (χ1) is 8.66. The number of carboxylic acid groups (broad SMARTS) is 1. The van der Waals surface area contributed by atoms with E-state index in [2.05, 4.69) is 0 Å². The molecule has 5 heteroatoms. The van der Waals surface area contributed by atoms with Crippen molar-refractivity contribution in [3.8, 4) is 0 Å². The Kier molecular flexibility index (Phi) is 4.33. The first-order valence-corrected chi connectivity index (χ1v) is 6.82. The Bertz CT molecular complexity index is 533. The first kappa shape index (κ1) is 13.1. The Morgan fingerprint density at radius 3 is 2.61 bits per heavy atom. The molecule has 2 aromatic rings. The molecule has 94 valence electrons. The molecule has 0 saturated carbocycles. The Morgan fingerprint density at radius 2 is 1.94 bits per heavy atom. The highest BCUT2D eigenvalue weighted by Gasteiger charge is 2.12. The fourth-order valence-corrected chi connectivity index (χ4v) is 2.55. The van der Waals surface area contributed by atoms with Crippen LogP contribution < -0.4 is 0 Å². The molecule has 0 amide bonds. The lowest BCUT2D eigenvalue weighted by atomic mass is 10.2. The van der Waals surface area contributed by atoms with E-state index in [9.17, 15) is 4.79 Å². The number of benzene rings is 1. The van der Waals surface area contributed by atoms with Gasteiger partial charge in [-0.05, 0) is 23.8 Å². The van der Waals surface area contributed by atoms with Crippen LogP contribution in [0.3, 0.4) is 0 Å². The highest BCUT2D eigenvalue weighted by atomic mass is 35.5. The van der Waals surface area contributed by atoms with Gasteiger partial charge in [0, 0.05) is 10.8 Å². The maximum Gasteiger partial charge on any atom is 0.339 e. The molecule has 1 aromatic carbocycles. The molecule has 0 aliphatic heterocycles. The number of aromatic carboxylic acids is 1. The third kappa shape index (κ3) is 3.31. The molecule has 0 saturated heterocycles. The third-order valence-electron chi connectivity index (χ3n) is 2.39. The van der Waals surface area contributed by atoms with E-state index in [-0.39, 0.29) is 5.56 Å². The Labute approximate surface area is 114 Å². The largest absolute Gasteiger partial charge is 0.478 e. The topological polar surface area (TPSA) is 50.4 Å². The van der Waals surface area contributed by atoms with Gasteiger partial charge in [0.05, 0.1) is 12.0 Å². The summed E-state index contributed by atoms with van der Waals surface area (Å²) in [5.74, 6) is 0.876. The van der Waals surface area contributed by atoms with E-state index in [0.29, 0.717) is 16.5 Å². The Hall–Kier alpha value is -1.39. The van der Waals surface area contributed by atoms with Crippen LogP contribution >= 0.6 is 23.4 Å². The molecule has 0 aliphatic rings. The van der Waals surface area contributed by atoms with E-state index in [1.54, 1.807) is 11.8 Å². The van der Waals surface area contributed by atoms with Crippen LogP contribution in [0, 0.1) is 0 Å². The van der Waals surface area contributed by atoms with Crippen LogP contribution in [-0.2, 0) is 11.5 Å². The summed E-state index contributed by atoms with van der Waals surface area (Å²) in [6.45, 7) is 0. The highest BCUT2D eigenvalue weighted by molar-refractivity contribution is 7.97. The van der Waals surface area contributed by atoms with Crippen molar-refractivity contribution in [2.45, 2.75) is 11.5 Å². The van der Waals surface area contributed by atoms with E-state index in [4.69, 9.17) is 21.1 Å². The molecule has 3 nitrogen and oxygen atoms in total. The number of rotatable bonds is 5. The second-order valence-corrected chi connectivity index (χ2v) is 5.10. The van der Waals surface area contributed by atoms with E-state index in [1.807, 2.05) is 24.3 Å². The predicted octanol–water partition coefficient (Wildman–Crippen LogP) is 4.06. The fraction of sp³-hybridized carbons (Fsp3) is 0.154. The number of thioether (sulfide) groups is 1. The summed E-state index contributed by atoms with van der Waals surface area (Å²) in [5.41, 5.74) is 1.38. The molecule has 1 heterocycles. The Balaban J connectivity index is 1.90. The van der Waals surface area contributed by atoms with E-state index in [1.165, 1.54) is 12.3 Å². The van der Waals surface area contributed by atoms with Gasteiger partial charge >= 0.3 is 5.97 Å². The summed E-state index contributed by atoms with van der Waals surface area (Å²) < 4.78 is 5.16. The quantitative estimate of drug-likeness (QED) is 0.898. The Morgan fingerprint density at radius 1 is 1.22 bits per heavy atom. The maximum atomic E-state index is 10.9. The van der Waals surface area contributed by atoms with Gasteiger partial charge in [-0.1, -0.05) is 23.7 Å². The zero-order valence-electron chi connectivity index (χ0n) is 9.43. The summed E-state index contributed by atoms with van der Waals surface area (Å²) in [6, 6.07) is 9.06. The van der Waals surface area contributed by atoms with Gasteiger partial charge in [0.2, 0.25) is 0 Å². The molecule has 1 N–H and O–H groups in total. The number of halogens is 1. The summed E-state index contributed by atoms with van der Waals surface area (Å²) in [5, 5.41) is 9.63. The smallest absolute Gasteiger partial charge is 0.339 e.